The van der Waals surface area contributed by atoms with Gasteiger partial charge in [0, 0.05) is 47.6 Å². The summed E-state index contributed by atoms with van der Waals surface area (Å²) in [6, 6.07) is 49.2. The summed E-state index contributed by atoms with van der Waals surface area (Å²) in [7, 11) is 0. The Morgan fingerprint density at radius 3 is 1.25 bits per heavy atom. The van der Waals surface area contributed by atoms with Gasteiger partial charge in [0.05, 0.1) is 21.3 Å². The van der Waals surface area contributed by atoms with Crippen molar-refractivity contribution in [2.45, 2.75) is 59.7 Å². The first kappa shape index (κ1) is 43.9. The molecule has 2 atom stereocenters. The molecule has 0 aliphatic carbocycles. The van der Waals surface area contributed by atoms with Crippen molar-refractivity contribution in [3.8, 4) is 11.5 Å². The minimum atomic E-state index is -0.396. The van der Waals surface area contributed by atoms with E-state index in [1.807, 2.05) is 84.9 Å². The molecule has 16 nitrogen and oxygen atoms in total. The quantitative estimate of drug-likeness (QED) is 0.0699. The fourth-order valence-electron chi connectivity index (χ4n) is 7.83. The van der Waals surface area contributed by atoms with E-state index in [-0.39, 0.29) is 35.1 Å². The third-order valence-electron chi connectivity index (χ3n) is 11.5. The van der Waals surface area contributed by atoms with Gasteiger partial charge in [-0.3, -0.25) is 20.2 Å². The molecule has 338 valence electrons. The Hall–Kier alpha value is -7.96. The number of hydrogen-bond donors (Lipinski definition) is 0. The number of thioether (sulfide) groups is 2. The molecule has 0 saturated heterocycles. The molecule has 68 heavy (non-hydrogen) atoms. The molecule has 0 radical (unpaired) electrons. The summed E-state index contributed by atoms with van der Waals surface area (Å²) in [5.41, 5.74) is 7.92. The van der Waals surface area contributed by atoms with E-state index in [0.29, 0.717) is 46.3 Å². The van der Waals surface area contributed by atoms with Crippen LogP contribution in [0.4, 0.5) is 11.4 Å². The van der Waals surface area contributed by atoms with Gasteiger partial charge in [-0.05, 0) is 70.5 Å². The standard InChI is InChI=1S/C50H40N10O6S2/c61-59(62)39-21-17-37(18-22-39)45-29-43(35-7-3-1-4-8-35)55-57-47(51-53-49(57)67-45)31-65-41-25-13-33(14-26-41)11-12-34-15-27-42(28-16-34)66-32-48-52-54-50-58(48)56-44(36-9-5-2-6-10-36)30-46(68-50)38-19-23-40(24-20-38)60(63)64/h1-10,13-28,45-46H,11-12,29-32H2. The Morgan fingerprint density at radius 2 is 0.882 bits per heavy atom. The van der Waals surface area contributed by atoms with Gasteiger partial charge in [-0.1, -0.05) is 133 Å². The van der Waals surface area contributed by atoms with Crippen LogP contribution in [-0.4, -0.2) is 51.0 Å². The summed E-state index contributed by atoms with van der Waals surface area (Å²) < 4.78 is 15.9. The van der Waals surface area contributed by atoms with E-state index < -0.39 is 9.85 Å². The maximum atomic E-state index is 11.3. The third-order valence-corrected chi connectivity index (χ3v) is 13.9. The van der Waals surface area contributed by atoms with Gasteiger partial charge in [0.15, 0.2) is 11.6 Å². The van der Waals surface area contributed by atoms with Crippen molar-refractivity contribution in [3.63, 3.8) is 0 Å². The molecule has 2 aliphatic heterocycles. The minimum absolute atomic E-state index is 0.0441. The molecular weight excluding hydrogens is 901 g/mol. The number of aromatic nitrogens is 6. The number of hydrogen-bond acceptors (Lipinski definition) is 14. The van der Waals surface area contributed by atoms with Gasteiger partial charge in [0.25, 0.3) is 11.4 Å². The normalized spacial score (nSPS) is 15.5. The summed E-state index contributed by atoms with van der Waals surface area (Å²) in [6.07, 6.45) is 2.83. The van der Waals surface area contributed by atoms with Gasteiger partial charge < -0.3 is 9.47 Å². The van der Waals surface area contributed by atoms with E-state index in [1.54, 1.807) is 33.6 Å². The zero-order chi connectivity index (χ0) is 46.4. The molecule has 0 bridgehead atoms. The second-order valence-electron chi connectivity index (χ2n) is 15.9. The van der Waals surface area contributed by atoms with E-state index in [0.717, 1.165) is 57.6 Å². The Balaban J connectivity index is 0.753. The predicted octanol–water partition coefficient (Wildman–Crippen LogP) is 10.6. The van der Waals surface area contributed by atoms with Gasteiger partial charge in [-0.2, -0.15) is 19.6 Å². The van der Waals surface area contributed by atoms with Gasteiger partial charge >= 0.3 is 0 Å². The summed E-state index contributed by atoms with van der Waals surface area (Å²) in [6.45, 7) is 0.306. The summed E-state index contributed by atoms with van der Waals surface area (Å²) in [4.78, 5) is 21.8. The molecule has 0 saturated carbocycles. The molecule has 10 rings (SSSR count). The van der Waals surface area contributed by atoms with Gasteiger partial charge in [0.1, 0.15) is 24.7 Å². The molecular formula is C50H40N10O6S2. The van der Waals surface area contributed by atoms with E-state index in [2.05, 4.69) is 44.7 Å². The number of fused-ring (bicyclic) bond motifs is 2. The molecule has 0 spiro atoms. The fraction of sp³-hybridized carbons (Fsp3) is 0.160. The van der Waals surface area contributed by atoms with Crippen LogP contribution in [-0.2, 0) is 26.1 Å². The molecule has 2 aliphatic rings. The number of nitrogens with zero attached hydrogens (tertiary/aromatic N) is 10. The first-order valence-electron chi connectivity index (χ1n) is 21.7. The van der Waals surface area contributed by atoms with Crippen LogP contribution in [0.1, 0.15) is 68.4 Å². The van der Waals surface area contributed by atoms with Crippen LogP contribution in [0.25, 0.3) is 0 Å². The molecule has 0 fully saturated rings. The van der Waals surface area contributed by atoms with E-state index in [4.69, 9.17) is 19.7 Å². The van der Waals surface area contributed by atoms with Crippen molar-refractivity contribution in [3.05, 3.63) is 223 Å². The van der Waals surface area contributed by atoms with Crippen molar-refractivity contribution in [1.29, 1.82) is 0 Å². The molecule has 2 aromatic heterocycles. The SMILES string of the molecule is O=[N+]([O-])c1ccc(C2CC(c3ccccc3)=Nn3c(COc4ccc(CCc5ccc(OCc6nnc7n6N=C(c6ccccc6)CC(c6ccc([N+](=O)[O-])cc6)S7)cc5)cc4)nnc3S2)cc1. The Labute approximate surface area is 398 Å². The minimum Gasteiger partial charge on any atom is -0.486 e. The number of ether oxygens (including phenoxy) is 2. The number of non-ortho nitro benzene ring substituents is 2. The lowest BCUT2D eigenvalue weighted by atomic mass is 10.0. The molecule has 0 N–H and O–H groups in total. The van der Waals surface area contributed by atoms with Gasteiger partial charge in [0.2, 0.25) is 10.3 Å². The second kappa shape index (κ2) is 19.9. The van der Waals surface area contributed by atoms with Crippen molar-refractivity contribution in [1.82, 2.24) is 29.7 Å². The number of nitro benzene ring substituents is 2. The van der Waals surface area contributed by atoms with Crippen LogP contribution in [0, 0.1) is 20.2 Å². The lowest BCUT2D eigenvalue weighted by molar-refractivity contribution is -0.385. The molecule has 6 aromatic carbocycles. The smallest absolute Gasteiger partial charge is 0.269 e. The Bertz CT molecular complexity index is 2920. The van der Waals surface area contributed by atoms with Gasteiger partial charge in [-0.25, -0.2) is 0 Å². The largest absolute Gasteiger partial charge is 0.486 e. The Morgan fingerprint density at radius 1 is 0.500 bits per heavy atom. The van der Waals surface area contributed by atoms with E-state index in [9.17, 15) is 20.2 Å². The Kier molecular flexibility index (Phi) is 12.8. The molecule has 8 aromatic rings. The summed E-state index contributed by atoms with van der Waals surface area (Å²) in [5, 5.41) is 51.5. The number of aryl methyl sites for hydroxylation is 2. The zero-order valence-electron chi connectivity index (χ0n) is 36.1. The monoisotopic (exact) mass is 940 g/mol. The van der Waals surface area contributed by atoms with Crippen LogP contribution < -0.4 is 9.47 Å². The van der Waals surface area contributed by atoms with Crippen molar-refractivity contribution >= 4 is 46.3 Å². The highest BCUT2D eigenvalue weighted by Gasteiger charge is 2.28. The first-order valence-corrected chi connectivity index (χ1v) is 23.5. The average Bonchev–Trinajstić information content (AvgIpc) is 3.80. The number of rotatable bonds is 15. The number of benzene rings is 6. The van der Waals surface area contributed by atoms with Crippen LogP contribution in [0.3, 0.4) is 0 Å². The van der Waals surface area contributed by atoms with Crippen molar-refractivity contribution in [2.75, 3.05) is 0 Å². The summed E-state index contributed by atoms with van der Waals surface area (Å²) >= 11 is 3.04. The van der Waals surface area contributed by atoms with Crippen LogP contribution in [0.2, 0.25) is 0 Å². The second-order valence-corrected chi connectivity index (χ2v) is 18.3. The van der Waals surface area contributed by atoms with Gasteiger partial charge in [-0.15, -0.1) is 20.4 Å². The predicted molar refractivity (Wildman–Crippen MR) is 258 cm³/mol. The highest BCUT2D eigenvalue weighted by atomic mass is 32.2. The topological polar surface area (TPSA) is 191 Å². The van der Waals surface area contributed by atoms with Crippen LogP contribution >= 0.6 is 23.5 Å². The summed E-state index contributed by atoms with van der Waals surface area (Å²) in [5.74, 6) is 2.49. The molecule has 2 unspecified atom stereocenters. The lowest BCUT2D eigenvalue weighted by Crippen LogP contribution is -2.09. The van der Waals surface area contributed by atoms with Crippen molar-refractivity contribution in [2.24, 2.45) is 10.2 Å². The lowest BCUT2D eigenvalue weighted by Gasteiger charge is -2.14. The maximum absolute atomic E-state index is 11.3. The van der Waals surface area contributed by atoms with E-state index in [1.165, 1.54) is 47.8 Å². The first-order chi connectivity index (χ1) is 33.3. The highest BCUT2D eigenvalue weighted by Crippen LogP contribution is 2.42. The fourth-order valence-corrected chi connectivity index (χ4v) is 10.1. The maximum Gasteiger partial charge on any atom is 0.269 e. The molecule has 18 heteroatoms. The van der Waals surface area contributed by atoms with Crippen LogP contribution in [0.15, 0.2) is 178 Å². The zero-order valence-corrected chi connectivity index (χ0v) is 37.8. The number of nitro groups is 2. The average molecular weight is 941 g/mol. The van der Waals surface area contributed by atoms with E-state index >= 15 is 0 Å². The van der Waals surface area contributed by atoms with Crippen LogP contribution in [0.5, 0.6) is 11.5 Å². The molecule has 4 heterocycles. The van der Waals surface area contributed by atoms with Crippen molar-refractivity contribution < 1.29 is 19.3 Å². The highest BCUT2D eigenvalue weighted by molar-refractivity contribution is 7.99. The molecule has 0 amide bonds. The third kappa shape index (κ3) is 10.1.